The second-order valence-corrected chi connectivity index (χ2v) is 8.00. The molecule has 2 fully saturated rings. The average Bonchev–Trinajstić information content (AvgIpc) is 3.43. The van der Waals surface area contributed by atoms with Gasteiger partial charge in [0.1, 0.15) is 17.2 Å². The fourth-order valence-electron chi connectivity index (χ4n) is 4.28. The summed E-state index contributed by atoms with van der Waals surface area (Å²) in [5.74, 6) is 2.05. The molecule has 0 aromatic carbocycles. The molecule has 0 unspecified atom stereocenters. The summed E-state index contributed by atoms with van der Waals surface area (Å²) in [5.41, 5.74) is 0.556. The minimum atomic E-state index is -0.380. The van der Waals surface area contributed by atoms with Crippen LogP contribution in [0.15, 0.2) is 61.2 Å². The molecule has 1 aliphatic carbocycles. The first kappa shape index (κ1) is 23.8. The maximum Gasteiger partial charge on any atom is 0.416 e. The molecule has 1 spiro atoms. The third kappa shape index (κ3) is 4.97. The van der Waals surface area contributed by atoms with Crippen LogP contribution >= 0.6 is 24.8 Å². The molecule has 4 heterocycles. The summed E-state index contributed by atoms with van der Waals surface area (Å²) in [6, 6.07) is 11.4. The zero-order chi connectivity index (χ0) is 20.4. The third-order valence-electron chi connectivity index (χ3n) is 6.00. The van der Waals surface area contributed by atoms with E-state index in [2.05, 4.69) is 20.4 Å². The van der Waals surface area contributed by atoms with E-state index >= 15 is 0 Å². The fraction of sp³-hybridized carbons (Fsp3) is 0.364. The first-order valence-electron chi connectivity index (χ1n) is 10.3. The lowest BCUT2D eigenvalue weighted by atomic mass is 9.78. The molecule has 3 aromatic rings. The zero-order valence-electron chi connectivity index (χ0n) is 17.5. The predicted molar refractivity (Wildman–Crippen MR) is 127 cm³/mol. The van der Waals surface area contributed by atoms with Gasteiger partial charge in [-0.3, -0.25) is 4.90 Å². The van der Waals surface area contributed by atoms with Gasteiger partial charge in [0, 0.05) is 25.1 Å². The molecule has 0 atom stereocenters. The molecule has 8 nitrogen and oxygen atoms in total. The molecule has 2 aliphatic rings. The highest BCUT2D eigenvalue weighted by molar-refractivity contribution is 5.89. The van der Waals surface area contributed by atoms with Crippen LogP contribution in [-0.4, -0.2) is 44.5 Å². The lowest BCUT2D eigenvalue weighted by Crippen LogP contribution is -2.39. The number of hydrogen-bond donors (Lipinski definition) is 1. The Hall–Kier alpha value is -2.84. The molecule has 1 amide bonds. The SMILES string of the molecule is Cl.Cl.O=C1O[C@]2(CC[C@H](CNc3ccc(-n4cccn4)cn3)CC2)CN1c1ccccn1. The molecule has 5 rings (SSSR count). The van der Waals surface area contributed by atoms with Crippen molar-refractivity contribution in [2.45, 2.75) is 31.3 Å². The maximum absolute atomic E-state index is 12.4. The number of hydrogen-bond acceptors (Lipinski definition) is 6. The lowest BCUT2D eigenvalue weighted by Gasteiger charge is -2.35. The Labute approximate surface area is 199 Å². The summed E-state index contributed by atoms with van der Waals surface area (Å²) < 4.78 is 7.61. The second-order valence-electron chi connectivity index (χ2n) is 8.00. The van der Waals surface area contributed by atoms with E-state index in [1.54, 1.807) is 22.0 Å². The van der Waals surface area contributed by atoms with E-state index in [1.807, 2.05) is 48.8 Å². The monoisotopic (exact) mass is 476 g/mol. The van der Waals surface area contributed by atoms with E-state index in [1.165, 1.54) is 0 Å². The first-order chi connectivity index (χ1) is 14.7. The number of nitrogens with zero attached hydrogens (tertiary/aromatic N) is 5. The predicted octanol–water partition coefficient (Wildman–Crippen LogP) is 4.50. The maximum atomic E-state index is 12.4. The molecular weight excluding hydrogens is 451 g/mol. The number of carbonyl (C=O) groups is 1. The number of carbonyl (C=O) groups excluding carboxylic acids is 1. The number of aromatic nitrogens is 4. The molecule has 1 saturated carbocycles. The van der Waals surface area contributed by atoms with Crippen molar-refractivity contribution in [1.82, 2.24) is 19.7 Å². The van der Waals surface area contributed by atoms with Crippen LogP contribution in [0.3, 0.4) is 0 Å². The Morgan fingerprint density at radius 3 is 2.56 bits per heavy atom. The number of anilines is 2. The summed E-state index contributed by atoms with van der Waals surface area (Å²) >= 11 is 0. The molecule has 0 bridgehead atoms. The summed E-state index contributed by atoms with van der Waals surface area (Å²) in [4.78, 5) is 22.8. The Bertz CT molecular complexity index is 993. The highest BCUT2D eigenvalue weighted by atomic mass is 35.5. The van der Waals surface area contributed by atoms with Crippen molar-refractivity contribution in [3.8, 4) is 5.69 Å². The van der Waals surface area contributed by atoms with E-state index in [9.17, 15) is 4.79 Å². The molecule has 170 valence electrons. The number of ether oxygens (including phenoxy) is 1. The van der Waals surface area contributed by atoms with Crippen LogP contribution in [-0.2, 0) is 4.74 Å². The van der Waals surface area contributed by atoms with Crippen molar-refractivity contribution in [3.05, 3.63) is 61.2 Å². The average molecular weight is 477 g/mol. The minimum absolute atomic E-state index is 0. The summed E-state index contributed by atoms with van der Waals surface area (Å²) in [6.07, 6.45) is 10.7. The molecule has 32 heavy (non-hydrogen) atoms. The molecule has 1 N–H and O–H groups in total. The topological polar surface area (TPSA) is 85.2 Å². The van der Waals surface area contributed by atoms with Crippen molar-refractivity contribution < 1.29 is 9.53 Å². The number of rotatable bonds is 5. The summed E-state index contributed by atoms with van der Waals surface area (Å²) in [7, 11) is 0. The van der Waals surface area contributed by atoms with Gasteiger partial charge in [0.05, 0.1) is 18.4 Å². The summed E-state index contributed by atoms with van der Waals surface area (Å²) in [6.45, 7) is 1.45. The van der Waals surface area contributed by atoms with Gasteiger partial charge in [-0.15, -0.1) is 24.8 Å². The van der Waals surface area contributed by atoms with E-state index in [4.69, 9.17) is 4.74 Å². The van der Waals surface area contributed by atoms with Gasteiger partial charge in [0.2, 0.25) is 0 Å². The highest BCUT2D eigenvalue weighted by Crippen LogP contribution is 2.40. The van der Waals surface area contributed by atoms with Crippen LogP contribution in [0.2, 0.25) is 0 Å². The quantitative estimate of drug-likeness (QED) is 0.583. The van der Waals surface area contributed by atoms with Crippen molar-refractivity contribution >= 4 is 42.5 Å². The van der Waals surface area contributed by atoms with Crippen molar-refractivity contribution in [2.24, 2.45) is 5.92 Å². The van der Waals surface area contributed by atoms with Gasteiger partial charge in [0.15, 0.2) is 0 Å². The largest absolute Gasteiger partial charge is 0.441 e. The van der Waals surface area contributed by atoms with Crippen molar-refractivity contribution in [1.29, 1.82) is 0 Å². The van der Waals surface area contributed by atoms with E-state index in [0.717, 1.165) is 43.7 Å². The van der Waals surface area contributed by atoms with Gasteiger partial charge in [-0.05, 0) is 61.9 Å². The molecule has 0 radical (unpaired) electrons. The lowest BCUT2D eigenvalue weighted by molar-refractivity contribution is 0.0148. The molecule has 1 saturated heterocycles. The van der Waals surface area contributed by atoms with Gasteiger partial charge in [-0.2, -0.15) is 5.10 Å². The smallest absolute Gasteiger partial charge is 0.416 e. The van der Waals surface area contributed by atoms with Crippen molar-refractivity contribution in [3.63, 3.8) is 0 Å². The molecule has 1 aliphatic heterocycles. The van der Waals surface area contributed by atoms with Gasteiger partial charge >= 0.3 is 6.09 Å². The standard InChI is InChI=1S/C22H24N6O2.2ClH/c29-21-27(20-4-1-2-11-23-20)16-22(30-21)9-7-17(8-10-22)14-24-19-6-5-18(15-25-19)28-13-3-12-26-28;;/h1-6,11-13,15,17H,7-10,14,16H2,(H,24,25);2*1H/t17-,22-;;. The number of amides is 1. The Kier molecular flexibility index (Phi) is 7.58. The third-order valence-corrected chi connectivity index (χ3v) is 6.00. The Morgan fingerprint density at radius 2 is 1.91 bits per heavy atom. The van der Waals surface area contributed by atoms with Crippen molar-refractivity contribution in [2.75, 3.05) is 23.3 Å². The minimum Gasteiger partial charge on any atom is -0.441 e. The van der Waals surface area contributed by atoms with Crippen LogP contribution in [0.1, 0.15) is 25.7 Å². The Morgan fingerprint density at radius 1 is 1.06 bits per heavy atom. The van der Waals surface area contributed by atoms with Gasteiger partial charge < -0.3 is 10.1 Å². The number of nitrogens with one attached hydrogen (secondary N) is 1. The molecule has 3 aromatic heterocycles. The number of halogens is 2. The van der Waals surface area contributed by atoms with Gasteiger partial charge in [0.25, 0.3) is 0 Å². The Balaban J connectivity index is 0.00000144. The molecule has 10 heteroatoms. The van der Waals surface area contributed by atoms with E-state index < -0.39 is 0 Å². The molecular formula is C22H26Cl2N6O2. The van der Waals surface area contributed by atoms with Gasteiger partial charge in [-0.25, -0.2) is 19.4 Å². The van der Waals surface area contributed by atoms with E-state index in [-0.39, 0.29) is 36.5 Å². The number of pyridine rings is 2. The zero-order valence-corrected chi connectivity index (χ0v) is 19.1. The van der Waals surface area contributed by atoms with Crippen LogP contribution < -0.4 is 10.2 Å². The van der Waals surface area contributed by atoms with E-state index in [0.29, 0.717) is 18.3 Å². The first-order valence-corrected chi connectivity index (χ1v) is 10.3. The summed E-state index contributed by atoms with van der Waals surface area (Å²) in [5, 5.41) is 7.65. The fourth-order valence-corrected chi connectivity index (χ4v) is 4.28. The van der Waals surface area contributed by atoms with Crippen LogP contribution in [0, 0.1) is 5.92 Å². The van der Waals surface area contributed by atoms with Gasteiger partial charge in [-0.1, -0.05) is 6.07 Å². The highest BCUT2D eigenvalue weighted by Gasteiger charge is 2.47. The van der Waals surface area contributed by atoms with Crippen LogP contribution in [0.4, 0.5) is 16.4 Å². The van der Waals surface area contributed by atoms with Crippen LogP contribution in [0.5, 0.6) is 0 Å². The normalized spacial score (nSPS) is 22.1. The second kappa shape index (κ2) is 10.2. The van der Waals surface area contributed by atoms with Crippen LogP contribution in [0.25, 0.3) is 5.69 Å².